The number of rotatable bonds is 3. The highest BCUT2D eigenvalue weighted by Crippen LogP contribution is 2.35. The maximum absolute atomic E-state index is 12.9. The number of hydrogen-bond donors (Lipinski definition) is 0. The molecular weight excluding hydrogens is 393 g/mol. The van der Waals surface area contributed by atoms with E-state index in [1.54, 1.807) is 0 Å². The number of alkyl halides is 3. The van der Waals surface area contributed by atoms with Crippen LogP contribution in [-0.4, -0.2) is 30.6 Å². The number of benzene rings is 1. The topological polar surface area (TPSA) is 44.1 Å². The molecule has 0 aliphatic heterocycles. The third-order valence-corrected chi connectivity index (χ3v) is 5.58. The fraction of sp³-hybridized carbons (Fsp3) is 0.429. The lowest BCUT2D eigenvalue weighted by molar-refractivity contribution is -0.137. The Labute approximate surface area is 140 Å². The molecule has 1 aromatic heterocycles. The molecule has 0 amide bonds. The molecule has 9 heteroatoms. The Bertz CT molecular complexity index is 738. The molecule has 0 aliphatic carbocycles. The van der Waals surface area contributed by atoms with Crippen molar-refractivity contribution in [2.45, 2.75) is 31.9 Å². The van der Waals surface area contributed by atoms with Crippen molar-refractivity contribution < 1.29 is 22.7 Å². The van der Waals surface area contributed by atoms with Crippen molar-refractivity contribution in [2.75, 3.05) is 6.61 Å². The molecule has 1 heterocycles. The van der Waals surface area contributed by atoms with Crippen molar-refractivity contribution in [2.24, 2.45) is 0 Å². The fourth-order valence-corrected chi connectivity index (χ4v) is 3.17. The molecule has 0 atom stereocenters. The molecule has 4 nitrogen and oxygen atoms in total. The van der Waals surface area contributed by atoms with Crippen LogP contribution in [0.25, 0.3) is 10.9 Å². The minimum absolute atomic E-state index is 0.0599. The highest BCUT2D eigenvalue weighted by Gasteiger charge is 2.32. The predicted molar refractivity (Wildman–Crippen MR) is 87.3 cm³/mol. The molecule has 0 saturated carbocycles. The number of ether oxygens (including phenoxy) is 1. The summed E-state index contributed by atoms with van der Waals surface area (Å²) >= 11 is 3.08. The van der Waals surface area contributed by atoms with Gasteiger partial charge < -0.3 is 4.74 Å². The molecule has 2 aromatic rings. The number of carbonyl (C=O) groups excluding carboxylic acids is 1. The summed E-state index contributed by atoms with van der Waals surface area (Å²) in [7, 11) is -1.37. The first-order valence-corrected chi connectivity index (χ1v) is 11.4. The van der Waals surface area contributed by atoms with Gasteiger partial charge in [-0.05, 0) is 18.2 Å². The Morgan fingerprint density at radius 3 is 2.57 bits per heavy atom. The second-order valence-corrected chi connectivity index (χ2v) is 12.8. The van der Waals surface area contributed by atoms with E-state index in [2.05, 4.69) is 40.7 Å². The summed E-state index contributed by atoms with van der Waals surface area (Å²) in [4.78, 5) is 12.1. The molecule has 2 rings (SSSR count). The molecule has 0 bridgehead atoms. The van der Waals surface area contributed by atoms with Gasteiger partial charge in [0.05, 0.1) is 23.9 Å². The Morgan fingerprint density at radius 1 is 1.35 bits per heavy atom. The van der Waals surface area contributed by atoms with Gasteiger partial charge >= 0.3 is 12.3 Å². The van der Waals surface area contributed by atoms with Gasteiger partial charge in [-0.25, -0.2) is 4.79 Å². The monoisotopic (exact) mass is 408 g/mol. The van der Waals surface area contributed by atoms with Gasteiger partial charge in [0.25, 0.3) is 0 Å². The summed E-state index contributed by atoms with van der Waals surface area (Å²) < 4.78 is 44.9. The van der Waals surface area contributed by atoms with Crippen LogP contribution in [0.2, 0.25) is 25.7 Å². The Morgan fingerprint density at radius 2 is 2.00 bits per heavy atom. The van der Waals surface area contributed by atoms with Crippen molar-refractivity contribution in [1.82, 2.24) is 9.78 Å². The van der Waals surface area contributed by atoms with Crippen LogP contribution in [-0.2, 0) is 10.9 Å². The average molecular weight is 409 g/mol. The molecule has 126 valence electrons. The van der Waals surface area contributed by atoms with Gasteiger partial charge in [0.2, 0.25) is 0 Å². The summed E-state index contributed by atoms with van der Waals surface area (Å²) in [6.45, 7) is 6.64. The van der Waals surface area contributed by atoms with Gasteiger partial charge in [0.1, 0.15) is 0 Å². The van der Waals surface area contributed by atoms with Crippen LogP contribution in [0.15, 0.2) is 22.8 Å². The molecule has 0 spiro atoms. The van der Waals surface area contributed by atoms with Gasteiger partial charge in [0, 0.05) is 17.9 Å². The number of carbonyl (C=O) groups is 1. The SMILES string of the molecule is C[Si](C)(C)CCOC(=O)n1ncc2c(Br)cc(C(F)(F)F)cc21. The Kier molecular flexibility index (Phi) is 4.91. The number of nitrogens with zero attached hydrogens (tertiary/aromatic N) is 2. The van der Waals surface area contributed by atoms with Crippen LogP contribution in [0.1, 0.15) is 5.56 Å². The number of hydrogen-bond acceptors (Lipinski definition) is 3. The second kappa shape index (κ2) is 6.27. The first-order chi connectivity index (χ1) is 10.5. The van der Waals surface area contributed by atoms with Gasteiger partial charge in [-0.15, -0.1) is 0 Å². The maximum Gasteiger partial charge on any atom is 0.435 e. The van der Waals surface area contributed by atoms with Crippen molar-refractivity contribution in [3.8, 4) is 0 Å². The Hall–Kier alpha value is -1.35. The molecule has 1 aromatic carbocycles. The van der Waals surface area contributed by atoms with Gasteiger partial charge in [0.15, 0.2) is 0 Å². The van der Waals surface area contributed by atoms with E-state index in [1.807, 2.05) is 0 Å². The van der Waals surface area contributed by atoms with Crippen molar-refractivity contribution >= 4 is 41.0 Å². The zero-order valence-corrected chi connectivity index (χ0v) is 15.5. The van der Waals surface area contributed by atoms with Crippen molar-refractivity contribution in [1.29, 1.82) is 0 Å². The summed E-state index contributed by atoms with van der Waals surface area (Å²) in [5.41, 5.74) is -0.793. The first kappa shape index (κ1) is 18.0. The molecule has 0 radical (unpaired) electrons. The number of halogens is 4. The third-order valence-electron chi connectivity index (χ3n) is 3.22. The molecule has 0 aliphatic rings. The van der Waals surface area contributed by atoms with Crippen LogP contribution >= 0.6 is 15.9 Å². The van der Waals surface area contributed by atoms with E-state index in [-0.39, 0.29) is 16.6 Å². The highest BCUT2D eigenvalue weighted by molar-refractivity contribution is 9.10. The quantitative estimate of drug-likeness (QED) is 0.660. The molecule has 0 N–H and O–H groups in total. The van der Waals surface area contributed by atoms with E-state index >= 15 is 0 Å². The highest BCUT2D eigenvalue weighted by atomic mass is 79.9. The van der Waals surface area contributed by atoms with Crippen LogP contribution < -0.4 is 0 Å². The zero-order valence-electron chi connectivity index (χ0n) is 12.9. The second-order valence-electron chi connectivity index (χ2n) is 6.37. The normalized spacial score (nSPS) is 12.7. The number of aromatic nitrogens is 2. The van der Waals surface area contributed by atoms with E-state index in [9.17, 15) is 18.0 Å². The van der Waals surface area contributed by atoms with Gasteiger partial charge in [-0.1, -0.05) is 35.6 Å². The minimum atomic E-state index is -4.51. The lowest BCUT2D eigenvalue weighted by Crippen LogP contribution is -2.24. The molecule has 23 heavy (non-hydrogen) atoms. The van der Waals surface area contributed by atoms with Crippen LogP contribution in [0.5, 0.6) is 0 Å². The first-order valence-electron chi connectivity index (χ1n) is 6.91. The lowest BCUT2D eigenvalue weighted by Gasteiger charge is -2.15. The standard InChI is InChI=1S/C14H16BrF3N2O2Si/c1-23(2,3)5-4-22-13(21)20-12-7-9(14(16,17)18)6-11(15)10(12)8-19-20/h6-8H,4-5H2,1-3H3. The molecule has 0 unspecified atom stereocenters. The summed E-state index contributed by atoms with van der Waals surface area (Å²) in [5.74, 6) is 0. The summed E-state index contributed by atoms with van der Waals surface area (Å²) in [6.07, 6.45) is -3.95. The fourth-order valence-electron chi connectivity index (χ4n) is 1.90. The lowest BCUT2D eigenvalue weighted by atomic mass is 10.1. The molecular formula is C14H16BrF3N2O2Si. The van der Waals surface area contributed by atoms with Crippen LogP contribution in [0.4, 0.5) is 18.0 Å². The minimum Gasteiger partial charge on any atom is -0.448 e. The molecule has 0 saturated heterocycles. The third kappa shape index (κ3) is 4.35. The van der Waals surface area contributed by atoms with E-state index in [0.29, 0.717) is 5.39 Å². The average Bonchev–Trinajstić information content (AvgIpc) is 2.80. The summed E-state index contributed by atoms with van der Waals surface area (Å²) in [6, 6.07) is 2.63. The predicted octanol–water partition coefficient (Wildman–Crippen LogP) is 5.14. The van der Waals surface area contributed by atoms with Crippen LogP contribution in [0, 0.1) is 0 Å². The Balaban J connectivity index is 2.31. The van der Waals surface area contributed by atoms with E-state index in [0.717, 1.165) is 22.9 Å². The number of fused-ring (bicyclic) bond motifs is 1. The van der Waals surface area contributed by atoms with Gasteiger partial charge in [-0.3, -0.25) is 0 Å². The van der Waals surface area contributed by atoms with Crippen molar-refractivity contribution in [3.63, 3.8) is 0 Å². The smallest absolute Gasteiger partial charge is 0.435 e. The van der Waals surface area contributed by atoms with E-state index in [1.165, 1.54) is 6.20 Å². The largest absolute Gasteiger partial charge is 0.448 e. The van der Waals surface area contributed by atoms with Crippen LogP contribution in [0.3, 0.4) is 0 Å². The van der Waals surface area contributed by atoms with Gasteiger partial charge in [-0.2, -0.15) is 23.0 Å². The zero-order chi connectivity index (χ0) is 17.4. The van der Waals surface area contributed by atoms with E-state index in [4.69, 9.17) is 4.74 Å². The summed E-state index contributed by atoms with van der Waals surface area (Å²) in [5, 5.41) is 4.27. The molecule has 0 fully saturated rings. The van der Waals surface area contributed by atoms with E-state index < -0.39 is 25.9 Å². The van der Waals surface area contributed by atoms with Crippen molar-refractivity contribution in [3.05, 3.63) is 28.4 Å². The maximum atomic E-state index is 12.9.